The van der Waals surface area contributed by atoms with Crippen LogP contribution in [0.25, 0.3) is 0 Å². The smallest absolute Gasteiger partial charge is 0.0757 e. The molecule has 1 rings (SSSR count). The lowest BCUT2D eigenvalue weighted by molar-refractivity contribution is 0.321. The first-order valence-corrected chi connectivity index (χ1v) is 5.19. The maximum atomic E-state index is 8.71. The fourth-order valence-corrected chi connectivity index (χ4v) is 1.84. The van der Waals surface area contributed by atoms with E-state index in [0.717, 1.165) is 27.9 Å². The molecule has 1 aromatic rings. The SMILES string of the molecule is Cc1cc(N(C)C)c(/C=N/O)c(C)c1/C=N/O. The number of hydrogen-bond acceptors (Lipinski definition) is 5. The quantitative estimate of drug-likeness (QED) is 0.478. The van der Waals surface area contributed by atoms with Crippen LogP contribution in [0.2, 0.25) is 0 Å². The van der Waals surface area contributed by atoms with Crippen molar-refractivity contribution in [1.29, 1.82) is 0 Å². The molecule has 0 saturated carbocycles. The summed E-state index contributed by atoms with van der Waals surface area (Å²) in [4.78, 5) is 1.94. The average molecular weight is 235 g/mol. The van der Waals surface area contributed by atoms with Gasteiger partial charge in [0.15, 0.2) is 0 Å². The number of anilines is 1. The second kappa shape index (κ2) is 5.34. The van der Waals surface area contributed by atoms with Crippen LogP contribution in [-0.2, 0) is 0 Å². The lowest BCUT2D eigenvalue weighted by Crippen LogP contribution is -2.14. The lowest BCUT2D eigenvalue weighted by atomic mass is 9.96. The molecule has 0 amide bonds. The van der Waals surface area contributed by atoms with Gasteiger partial charge in [-0.25, -0.2) is 0 Å². The van der Waals surface area contributed by atoms with Crippen molar-refractivity contribution in [2.24, 2.45) is 10.3 Å². The molecule has 0 atom stereocenters. The largest absolute Gasteiger partial charge is 0.411 e. The van der Waals surface area contributed by atoms with E-state index in [1.807, 2.05) is 38.9 Å². The summed E-state index contributed by atoms with van der Waals surface area (Å²) in [5.74, 6) is 0. The van der Waals surface area contributed by atoms with E-state index in [2.05, 4.69) is 10.3 Å². The average Bonchev–Trinajstić information content (AvgIpc) is 2.27. The molecular formula is C12H17N3O2. The van der Waals surface area contributed by atoms with Crippen LogP contribution in [0.5, 0.6) is 0 Å². The Morgan fingerprint density at radius 1 is 1.06 bits per heavy atom. The van der Waals surface area contributed by atoms with Crippen molar-refractivity contribution in [2.45, 2.75) is 13.8 Å². The maximum Gasteiger partial charge on any atom is 0.0757 e. The highest BCUT2D eigenvalue weighted by atomic mass is 16.4. The predicted molar refractivity (Wildman–Crippen MR) is 69.0 cm³/mol. The molecular weight excluding hydrogens is 218 g/mol. The van der Waals surface area contributed by atoms with Crippen molar-refractivity contribution in [2.75, 3.05) is 19.0 Å². The first-order valence-electron chi connectivity index (χ1n) is 5.19. The molecule has 0 aromatic heterocycles. The third-order valence-electron chi connectivity index (χ3n) is 2.72. The van der Waals surface area contributed by atoms with Crippen molar-refractivity contribution >= 4 is 18.1 Å². The number of aryl methyl sites for hydroxylation is 1. The first kappa shape index (κ1) is 13.0. The van der Waals surface area contributed by atoms with Gasteiger partial charge in [0, 0.05) is 30.9 Å². The van der Waals surface area contributed by atoms with E-state index in [9.17, 15) is 0 Å². The van der Waals surface area contributed by atoms with Gasteiger partial charge in [0.2, 0.25) is 0 Å². The Morgan fingerprint density at radius 2 is 1.59 bits per heavy atom. The summed E-state index contributed by atoms with van der Waals surface area (Å²) < 4.78 is 0. The Morgan fingerprint density at radius 3 is 2.06 bits per heavy atom. The Labute approximate surface area is 101 Å². The van der Waals surface area contributed by atoms with E-state index < -0.39 is 0 Å². The molecule has 1 aromatic carbocycles. The molecule has 0 radical (unpaired) electrons. The van der Waals surface area contributed by atoms with E-state index in [1.54, 1.807) is 0 Å². The molecule has 5 heteroatoms. The molecule has 0 aliphatic carbocycles. The molecule has 0 bridgehead atoms. The van der Waals surface area contributed by atoms with Crippen LogP contribution >= 0.6 is 0 Å². The normalized spacial score (nSPS) is 11.5. The zero-order valence-electron chi connectivity index (χ0n) is 10.5. The minimum atomic E-state index is 0.804. The highest BCUT2D eigenvalue weighted by Crippen LogP contribution is 2.26. The van der Waals surface area contributed by atoms with E-state index in [0.29, 0.717) is 0 Å². The lowest BCUT2D eigenvalue weighted by Gasteiger charge is -2.19. The Bertz CT molecular complexity index is 465. The zero-order chi connectivity index (χ0) is 13.0. The maximum absolute atomic E-state index is 8.71. The van der Waals surface area contributed by atoms with Crippen molar-refractivity contribution in [3.63, 3.8) is 0 Å². The summed E-state index contributed by atoms with van der Waals surface area (Å²) >= 11 is 0. The van der Waals surface area contributed by atoms with E-state index in [-0.39, 0.29) is 0 Å². The van der Waals surface area contributed by atoms with Crippen LogP contribution in [0.4, 0.5) is 5.69 Å². The van der Waals surface area contributed by atoms with Gasteiger partial charge < -0.3 is 15.3 Å². The molecule has 0 fully saturated rings. The van der Waals surface area contributed by atoms with Gasteiger partial charge >= 0.3 is 0 Å². The number of benzene rings is 1. The minimum absolute atomic E-state index is 0.804. The summed E-state index contributed by atoms with van der Waals surface area (Å²) in [5.41, 5.74) is 4.49. The number of hydrogen-bond donors (Lipinski definition) is 2. The summed E-state index contributed by atoms with van der Waals surface area (Å²) in [6, 6.07) is 1.96. The monoisotopic (exact) mass is 235 g/mol. The van der Waals surface area contributed by atoms with Gasteiger partial charge in [0.25, 0.3) is 0 Å². The van der Waals surface area contributed by atoms with Crippen LogP contribution in [0.3, 0.4) is 0 Å². The van der Waals surface area contributed by atoms with E-state index in [1.165, 1.54) is 12.4 Å². The topological polar surface area (TPSA) is 68.4 Å². The summed E-state index contributed by atoms with van der Waals surface area (Å²) in [6.07, 6.45) is 2.78. The standard InChI is InChI=1S/C12H17N3O2/c1-8-5-12(15(3)4)11(7-14-17)9(2)10(8)6-13-16/h5-7,16-17H,1-4H3/b13-6+,14-7+. The van der Waals surface area contributed by atoms with Crippen LogP contribution in [0.1, 0.15) is 22.3 Å². The van der Waals surface area contributed by atoms with E-state index >= 15 is 0 Å². The molecule has 0 heterocycles. The summed E-state index contributed by atoms with van der Waals surface area (Å²) in [6.45, 7) is 3.84. The van der Waals surface area contributed by atoms with E-state index in [4.69, 9.17) is 10.4 Å². The van der Waals surface area contributed by atoms with Gasteiger partial charge in [-0.2, -0.15) is 0 Å². The van der Waals surface area contributed by atoms with Crippen molar-refractivity contribution < 1.29 is 10.4 Å². The van der Waals surface area contributed by atoms with Crippen LogP contribution in [-0.4, -0.2) is 36.9 Å². The second-order valence-electron chi connectivity index (χ2n) is 4.05. The van der Waals surface area contributed by atoms with Crippen LogP contribution in [0.15, 0.2) is 16.4 Å². The minimum Gasteiger partial charge on any atom is -0.411 e. The number of rotatable bonds is 3. The Balaban J connectivity index is 3.57. The number of nitrogens with zero attached hydrogens (tertiary/aromatic N) is 3. The Kier molecular flexibility index (Phi) is 4.09. The first-order chi connectivity index (χ1) is 8.02. The molecule has 92 valence electrons. The zero-order valence-corrected chi connectivity index (χ0v) is 10.5. The highest BCUT2D eigenvalue weighted by molar-refractivity contribution is 5.95. The van der Waals surface area contributed by atoms with Gasteiger partial charge in [0.05, 0.1) is 12.4 Å². The molecule has 0 spiro atoms. The Hall–Kier alpha value is -2.04. The highest BCUT2D eigenvalue weighted by Gasteiger charge is 2.12. The molecule has 0 unspecified atom stereocenters. The molecule has 0 saturated heterocycles. The van der Waals surface area contributed by atoms with Crippen LogP contribution < -0.4 is 4.90 Å². The number of oxime groups is 2. The fourth-order valence-electron chi connectivity index (χ4n) is 1.84. The third kappa shape index (κ3) is 2.55. The summed E-state index contributed by atoms with van der Waals surface area (Å²) in [7, 11) is 3.84. The summed E-state index contributed by atoms with van der Waals surface area (Å²) in [5, 5.41) is 23.5. The predicted octanol–water partition coefficient (Wildman–Crippen LogP) is 1.99. The van der Waals surface area contributed by atoms with Crippen molar-refractivity contribution in [3.05, 3.63) is 28.3 Å². The fraction of sp³-hybridized carbons (Fsp3) is 0.333. The van der Waals surface area contributed by atoms with Gasteiger partial charge in [0.1, 0.15) is 0 Å². The second-order valence-corrected chi connectivity index (χ2v) is 4.05. The van der Waals surface area contributed by atoms with Crippen molar-refractivity contribution in [3.8, 4) is 0 Å². The van der Waals surface area contributed by atoms with Crippen LogP contribution in [0, 0.1) is 13.8 Å². The van der Waals surface area contributed by atoms with Gasteiger partial charge in [-0.15, -0.1) is 0 Å². The van der Waals surface area contributed by atoms with Gasteiger partial charge in [-0.3, -0.25) is 0 Å². The van der Waals surface area contributed by atoms with Gasteiger partial charge in [-0.05, 0) is 31.0 Å². The molecule has 5 nitrogen and oxygen atoms in total. The molecule has 17 heavy (non-hydrogen) atoms. The van der Waals surface area contributed by atoms with Crippen molar-refractivity contribution in [1.82, 2.24) is 0 Å². The third-order valence-corrected chi connectivity index (χ3v) is 2.72. The van der Waals surface area contributed by atoms with Gasteiger partial charge in [-0.1, -0.05) is 10.3 Å². The molecule has 0 aliphatic rings. The molecule has 0 aliphatic heterocycles. The molecule has 2 N–H and O–H groups in total.